The topological polar surface area (TPSA) is 95.5 Å². The summed E-state index contributed by atoms with van der Waals surface area (Å²) in [6.45, 7) is 1.84. The van der Waals surface area contributed by atoms with E-state index in [1.165, 1.54) is 6.92 Å². The van der Waals surface area contributed by atoms with Crippen LogP contribution in [0.3, 0.4) is 0 Å². The van der Waals surface area contributed by atoms with Gasteiger partial charge in [-0.15, -0.1) is 0 Å². The minimum atomic E-state index is -0.816. The largest absolute Gasteiger partial charge is 0.481 e. The van der Waals surface area contributed by atoms with Crippen molar-refractivity contribution in [2.75, 3.05) is 5.32 Å². The van der Waals surface area contributed by atoms with Crippen LogP contribution in [0, 0.1) is 11.8 Å². The monoisotopic (exact) mass is 304 g/mol. The zero-order valence-electron chi connectivity index (χ0n) is 12.5. The molecule has 0 radical (unpaired) electrons. The van der Waals surface area contributed by atoms with Crippen LogP contribution >= 0.6 is 0 Å². The van der Waals surface area contributed by atoms with Crippen LogP contribution in [0.15, 0.2) is 24.3 Å². The van der Waals surface area contributed by atoms with Crippen molar-refractivity contribution in [3.8, 4) is 0 Å². The standard InChI is InChI=1S/C16H20N2O4/c1-10(19)18-14-6-2-11(3-7-14)9-17-15(20)12-4-5-13(8-12)16(21)22/h2-3,6-7,12-13H,4-5,8-9H2,1H3,(H,17,20)(H,18,19)(H,21,22)/t12-,13+/m1/s1. The molecule has 22 heavy (non-hydrogen) atoms. The van der Waals surface area contributed by atoms with E-state index in [2.05, 4.69) is 10.6 Å². The van der Waals surface area contributed by atoms with Crippen LogP contribution in [0.2, 0.25) is 0 Å². The molecule has 1 fully saturated rings. The Morgan fingerprint density at radius 1 is 1.14 bits per heavy atom. The van der Waals surface area contributed by atoms with Crippen molar-refractivity contribution in [1.29, 1.82) is 0 Å². The summed E-state index contributed by atoms with van der Waals surface area (Å²) in [7, 11) is 0. The van der Waals surface area contributed by atoms with Gasteiger partial charge in [0.25, 0.3) is 0 Å². The lowest BCUT2D eigenvalue weighted by atomic mass is 10.0. The first-order valence-electron chi connectivity index (χ1n) is 7.32. The lowest BCUT2D eigenvalue weighted by Gasteiger charge is -2.11. The molecule has 0 aliphatic heterocycles. The van der Waals surface area contributed by atoms with E-state index in [0.29, 0.717) is 31.5 Å². The third kappa shape index (κ3) is 4.31. The lowest BCUT2D eigenvalue weighted by molar-refractivity contribution is -0.141. The van der Waals surface area contributed by atoms with E-state index in [1.54, 1.807) is 12.1 Å². The van der Waals surface area contributed by atoms with Gasteiger partial charge in [0, 0.05) is 25.1 Å². The fourth-order valence-electron chi connectivity index (χ4n) is 2.69. The minimum absolute atomic E-state index is 0.0883. The molecule has 2 atom stereocenters. The number of benzene rings is 1. The van der Waals surface area contributed by atoms with Gasteiger partial charge < -0.3 is 15.7 Å². The van der Waals surface area contributed by atoms with Crippen molar-refractivity contribution in [3.05, 3.63) is 29.8 Å². The van der Waals surface area contributed by atoms with Crippen molar-refractivity contribution in [2.24, 2.45) is 11.8 Å². The predicted molar refractivity (Wildman–Crippen MR) is 81.1 cm³/mol. The third-order valence-corrected chi connectivity index (χ3v) is 3.89. The maximum absolute atomic E-state index is 12.0. The molecule has 0 saturated heterocycles. The van der Waals surface area contributed by atoms with Gasteiger partial charge in [0.15, 0.2) is 0 Å². The number of anilines is 1. The molecule has 0 heterocycles. The highest BCUT2D eigenvalue weighted by Crippen LogP contribution is 2.31. The van der Waals surface area contributed by atoms with Gasteiger partial charge in [-0.05, 0) is 37.0 Å². The number of nitrogens with one attached hydrogen (secondary N) is 2. The van der Waals surface area contributed by atoms with Gasteiger partial charge >= 0.3 is 5.97 Å². The lowest BCUT2D eigenvalue weighted by Crippen LogP contribution is -2.29. The maximum Gasteiger partial charge on any atom is 0.306 e. The molecule has 1 saturated carbocycles. The Hall–Kier alpha value is -2.37. The Morgan fingerprint density at radius 2 is 1.77 bits per heavy atom. The summed E-state index contributed by atoms with van der Waals surface area (Å²) in [6.07, 6.45) is 1.62. The second-order valence-corrected chi connectivity index (χ2v) is 5.64. The summed E-state index contributed by atoms with van der Waals surface area (Å²) in [5.41, 5.74) is 1.64. The molecule has 0 bridgehead atoms. The van der Waals surface area contributed by atoms with Gasteiger partial charge in [-0.3, -0.25) is 14.4 Å². The Kier molecular flexibility index (Phi) is 5.14. The van der Waals surface area contributed by atoms with Crippen LogP contribution in [0.5, 0.6) is 0 Å². The fraction of sp³-hybridized carbons (Fsp3) is 0.438. The van der Waals surface area contributed by atoms with Crippen LogP contribution in [-0.4, -0.2) is 22.9 Å². The molecule has 1 aromatic carbocycles. The van der Waals surface area contributed by atoms with Crippen LogP contribution in [-0.2, 0) is 20.9 Å². The van der Waals surface area contributed by atoms with E-state index < -0.39 is 11.9 Å². The van der Waals surface area contributed by atoms with E-state index in [0.717, 1.165) is 5.56 Å². The molecule has 1 aliphatic rings. The number of amides is 2. The minimum Gasteiger partial charge on any atom is -0.481 e. The SMILES string of the molecule is CC(=O)Nc1ccc(CNC(=O)[C@@H]2CC[C@H](C(=O)O)C2)cc1. The number of hydrogen-bond acceptors (Lipinski definition) is 3. The summed E-state index contributed by atoms with van der Waals surface area (Å²) in [4.78, 5) is 33.9. The average Bonchev–Trinajstić information content (AvgIpc) is 2.96. The molecule has 1 aliphatic carbocycles. The van der Waals surface area contributed by atoms with Crippen molar-refractivity contribution in [2.45, 2.75) is 32.7 Å². The van der Waals surface area contributed by atoms with E-state index in [-0.39, 0.29) is 17.7 Å². The summed E-state index contributed by atoms with van der Waals surface area (Å²) in [5.74, 6) is -1.64. The third-order valence-electron chi connectivity index (χ3n) is 3.89. The second kappa shape index (κ2) is 7.06. The normalized spacial score (nSPS) is 20.4. The molecule has 1 aromatic rings. The maximum atomic E-state index is 12.0. The van der Waals surface area contributed by atoms with Gasteiger partial charge in [0.05, 0.1) is 5.92 Å². The fourth-order valence-corrected chi connectivity index (χ4v) is 2.69. The van der Waals surface area contributed by atoms with Gasteiger partial charge in [-0.2, -0.15) is 0 Å². The Balaban J connectivity index is 1.81. The molecule has 0 unspecified atom stereocenters. The van der Waals surface area contributed by atoms with Gasteiger partial charge in [-0.25, -0.2) is 0 Å². The number of carboxylic acids is 1. The quantitative estimate of drug-likeness (QED) is 0.772. The zero-order chi connectivity index (χ0) is 16.1. The first kappa shape index (κ1) is 16.0. The van der Waals surface area contributed by atoms with Gasteiger partial charge in [-0.1, -0.05) is 12.1 Å². The number of aliphatic carboxylic acids is 1. The average molecular weight is 304 g/mol. The number of hydrogen-bond donors (Lipinski definition) is 3. The molecule has 6 heteroatoms. The Bertz CT molecular complexity index is 568. The zero-order valence-corrected chi connectivity index (χ0v) is 12.5. The van der Waals surface area contributed by atoms with Crippen molar-refractivity contribution >= 4 is 23.5 Å². The molecule has 0 aromatic heterocycles. The second-order valence-electron chi connectivity index (χ2n) is 5.64. The van der Waals surface area contributed by atoms with Crippen LogP contribution in [0.1, 0.15) is 31.7 Å². The first-order valence-corrected chi connectivity index (χ1v) is 7.32. The van der Waals surface area contributed by atoms with Crippen molar-refractivity contribution in [1.82, 2.24) is 5.32 Å². The summed E-state index contributed by atoms with van der Waals surface area (Å²) in [6, 6.07) is 7.22. The highest BCUT2D eigenvalue weighted by Gasteiger charge is 2.33. The molecular formula is C16H20N2O4. The summed E-state index contributed by atoms with van der Waals surface area (Å²) in [5, 5.41) is 14.5. The predicted octanol–water partition coefficient (Wildman–Crippen LogP) is 1.76. The van der Waals surface area contributed by atoms with E-state index in [1.807, 2.05) is 12.1 Å². The highest BCUT2D eigenvalue weighted by atomic mass is 16.4. The number of carbonyl (C=O) groups is 3. The molecule has 2 amide bonds. The number of carbonyl (C=O) groups excluding carboxylic acids is 2. The number of carboxylic acid groups (broad SMARTS) is 1. The Labute approximate surface area is 128 Å². The van der Waals surface area contributed by atoms with Crippen LogP contribution < -0.4 is 10.6 Å². The first-order chi connectivity index (χ1) is 10.5. The van der Waals surface area contributed by atoms with E-state index in [4.69, 9.17) is 5.11 Å². The number of rotatable bonds is 5. The Morgan fingerprint density at radius 3 is 2.32 bits per heavy atom. The molecule has 0 spiro atoms. The van der Waals surface area contributed by atoms with Crippen molar-refractivity contribution < 1.29 is 19.5 Å². The molecule has 6 nitrogen and oxygen atoms in total. The molecule has 3 N–H and O–H groups in total. The highest BCUT2D eigenvalue weighted by molar-refractivity contribution is 5.88. The van der Waals surface area contributed by atoms with Gasteiger partial charge in [0.2, 0.25) is 11.8 Å². The smallest absolute Gasteiger partial charge is 0.306 e. The van der Waals surface area contributed by atoms with E-state index in [9.17, 15) is 14.4 Å². The molecule has 118 valence electrons. The summed E-state index contributed by atoms with van der Waals surface area (Å²) >= 11 is 0. The van der Waals surface area contributed by atoms with Crippen LogP contribution in [0.25, 0.3) is 0 Å². The van der Waals surface area contributed by atoms with Crippen LogP contribution in [0.4, 0.5) is 5.69 Å². The summed E-state index contributed by atoms with van der Waals surface area (Å²) < 4.78 is 0. The van der Waals surface area contributed by atoms with Crippen molar-refractivity contribution in [3.63, 3.8) is 0 Å². The van der Waals surface area contributed by atoms with E-state index >= 15 is 0 Å². The molecule has 2 rings (SSSR count). The van der Waals surface area contributed by atoms with Gasteiger partial charge in [0.1, 0.15) is 0 Å². The molecular weight excluding hydrogens is 284 g/mol.